The summed E-state index contributed by atoms with van der Waals surface area (Å²) in [6, 6.07) is 13.4. The number of imide groups is 1. The van der Waals surface area contributed by atoms with E-state index in [1.165, 1.54) is 16.9 Å². The number of likely N-dealkylation sites (tertiary alicyclic amines) is 1. The van der Waals surface area contributed by atoms with E-state index in [0.29, 0.717) is 59.1 Å². The van der Waals surface area contributed by atoms with Gasteiger partial charge in [0.05, 0.1) is 28.4 Å². The number of fused-ring (bicyclic) bond motifs is 1. The molecule has 12 nitrogen and oxygen atoms in total. The first-order chi connectivity index (χ1) is 23.7. The SMILES string of the molecule is COc1ccc(/C=C\c2cc(OC)c(OC)c(OC)c2)cc1OC(=O)CCCCCN1C(=O)CCC(N2Cc3c(N)cccc3C2=O)C1=O. The van der Waals surface area contributed by atoms with Gasteiger partial charge in [-0.25, -0.2) is 0 Å². The molecule has 2 aliphatic heterocycles. The number of rotatable bonds is 14. The number of methoxy groups -OCH3 is 4. The van der Waals surface area contributed by atoms with Crippen molar-refractivity contribution in [1.82, 2.24) is 9.80 Å². The Hall–Kier alpha value is -5.52. The summed E-state index contributed by atoms with van der Waals surface area (Å²) in [5, 5.41) is 0. The van der Waals surface area contributed by atoms with Crippen LogP contribution in [-0.2, 0) is 20.9 Å². The first-order valence-electron chi connectivity index (χ1n) is 16.1. The Bertz CT molecular complexity index is 1740. The number of ether oxygens (including phenoxy) is 5. The molecule has 1 saturated heterocycles. The highest BCUT2D eigenvalue weighted by Gasteiger charge is 2.42. The molecule has 2 heterocycles. The third-order valence-corrected chi connectivity index (χ3v) is 8.72. The normalized spacial score (nSPS) is 15.8. The van der Waals surface area contributed by atoms with Gasteiger partial charge in [0.15, 0.2) is 23.0 Å². The number of carbonyl (C=O) groups is 4. The lowest BCUT2D eigenvalue weighted by Crippen LogP contribution is -2.54. The van der Waals surface area contributed by atoms with Crippen LogP contribution in [0.4, 0.5) is 5.69 Å². The van der Waals surface area contributed by atoms with Crippen molar-refractivity contribution in [1.29, 1.82) is 0 Å². The molecule has 0 aliphatic carbocycles. The summed E-state index contributed by atoms with van der Waals surface area (Å²) in [6.45, 7) is 0.465. The number of nitrogens with zero attached hydrogens (tertiary/aromatic N) is 2. The molecule has 0 saturated carbocycles. The van der Waals surface area contributed by atoms with Crippen molar-refractivity contribution in [3.05, 3.63) is 70.8 Å². The second-order valence-electron chi connectivity index (χ2n) is 11.7. The molecule has 5 rings (SSSR count). The second-order valence-corrected chi connectivity index (χ2v) is 11.7. The van der Waals surface area contributed by atoms with E-state index in [1.54, 1.807) is 51.7 Å². The van der Waals surface area contributed by atoms with Crippen molar-refractivity contribution >= 4 is 41.5 Å². The number of hydrogen-bond acceptors (Lipinski definition) is 10. The molecule has 2 N–H and O–H groups in total. The maximum atomic E-state index is 13.4. The molecular formula is C37H41N3O9. The Kier molecular flexibility index (Phi) is 11.1. The van der Waals surface area contributed by atoms with Crippen LogP contribution in [0.3, 0.4) is 0 Å². The smallest absolute Gasteiger partial charge is 0.311 e. The van der Waals surface area contributed by atoms with Crippen LogP contribution in [0, 0.1) is 0 Å². The Balaban J connectivity index is 1.13. The summed E-state index contributed by atoms with van der Waals surface area (Å²) < 4.78 is 27.3. The molecule has 2 aliphatic rings. The van der Waals surface area contributed by atoms with Gasteiger partial charge in [-0.05, 0) is 66.8 Å². The fourth-order valence-electron chi connectivity index (χ4n) is 6.13. The summed E-state index contributed by atoms with van der Waals surface area (Å²) in [5.74, 6) is 0.951. The number of hydrogen-bond donors (Lipinski definition) is 1. The highest BCUT2D eigenvalue weighted by molar-refractivity contribution is 6.06. The van der Waals surface area contributed by atoms with Crippen molar-refractivity contribution in [3.8, 4) is 28.7 Å². The number of nitrogen functional groups attached to an aromatic ring is 1. The van der Waals surface area contributed by atoms with Crippen LogP contribution in [0.1, 0.15) is 65.6 Å². The summed E-state index contributed by atoms with van der Waals surface area (Å²) in [4.78, 5) is 54.6. The average Bonchev–Trinajstić information content (AvgIpc) is 3.44. The van der Waals surface area contributed by atoms with Crippen molar-refractivity contribution in [2.45, 2.75) is 51.1 Å². The molecule has 0 aromatic heterocycles. The standard InChI is InChI=1S/C37H41N3O9/c1-45-29-16-14-23(12-13-24-20-31(46-2)35(48-4)32(21-24)47-3)19-30(29)49-34(42)11-6-5-7-18-39-33(41)17-15-28(37(39)44)40-22-26-25(36(40)43)9-8-10-27(26)38/h8-10,12-14,16,19-21,28H,5-7,11,15,17-18,22,38H2,1-4H3/b13-12-. The number of amides is 3. The van der Waals surface area contributed by atoms with E-state index in [0.717, 1.165) is 11.1 Å². The molecule has 1 unspecified atom stereocenters. The number of nitrogens with two attached hydrogens (primary N) is 1. The van der Waals surface area contributed by atoms with E-state index in [4.69, 9.17) is 29.4 Å². The lowest BCUT2D eigenvalue weighted by Gasteiger charge is -2.35. The van der Waals surface area contributed by atoms with E-state index in [9.17, 15) is 19.2 Å². The Morgan fingerprint density at radius 2 is 1.53 bits per heavy atom. The number of unbranched alkanes of at least 4 members (excludes halogenated alkanes) is 2. The summed E-state index contributed by atoms with van der Waals surface area (Å²) >= 11 is 0. The van der Waals surface area contributed by atoms with Gasteiger partial charge < -0.3 is 34.3 Å². The van der Waals surface area contributed by atoms with E-state index >= 15 is 0 Å². The number of anilines is 1. The zero-order valence-corrected chi connectivity index (χ0v) is 28.2. The molecule has 258 valence electrons. The third kappa shape index (κ3) is 7.64. The van der Waals surface area contributed by atoms with Crippen LogP contribution in [0.15, 0.2) is 48.5 Å². The lowest BCUT2D eigenvalue weighted by molar-refractivity contribution is -0.152. The van der Waals surface area contributed by atoms with Crippen LogP contribution in [-0.4, -0.2) is 74.5 Å². The maximum Gasteiger partial charge on any atom is 0.311 e. The van der Waals surface area contributed by atoms with Crippen molar-refractivity contribution in [3.63, 3.8) is 0 Å². The van der Waals surface area contributed by atoms with E-state index in [2.05, 4.69) is 0 Å². The maximum absolute atomic E-state index is 13.4. The quantitative estimate of drug-likeness (QED) is 0.0612. The number of esters is 1. The number of benzene rings is 3. The van der Waals surface area contributed by atoms with Gasteiger partial charge in [-0.2, -0.15) is 0 Å². The van der Waals surface area contributed by atoms with Crippen LogP contribution >= 0.6 is 0 Å². The fourth-order valence-corrected chi connectivity index (χ4v) is 6.13. The van der Waals surface area contributed by atoms with Gasteiger partial charge in [0, 0.05) is 42.7 Å². The zero-order chi connectivity index (χ0) is 35.1. The third-order valence-electron chi connectivity index (χ3n) is 8.72. The monoisotopic (exact) mass is 671 g/mol. The zero-order valence-electron chi connectivity index (χ0n) is 28.2. The molecule has 49 heavy (non-hydrogen) atoms. The molecule has 3 aromatic carbocycles. The van der Waals surface area contributed by atoms with Crippen LogP contribution < -0.4 is 29.4 Å². The summed E-state index contributed by atoms with van der Waals surface area (Å²) in [7, 11) is 6.15. The van der Waals surface area contributed by atoms with Crippen molar-refractivity contribution < 1.29 is 42.9 Å². The van der Waals surface area contributed by atoms with Crippen LogP contribution in [0.2, 0.25) is 0 Å². The van der Waals surface area contributed by atoms with Gasteiger partial charge >= 0.3 is 5.97 Å². The Labute approximate surface area is 285 Å². The van der Waals surface area contributed by atoms with Crippen molar-refractivity contribution in [2.75, 3.05) is 40.7 Å². The number of piperidine rings is 1. The molecule has 3 aromatic rings. The topological polar surface area (TPSA) is 147 Å². The van der Waals surface area contributed by atoms with E-state index in [1.807, 2.05) is 30.4 Å². The molecule has 0 bridgehead atoms. The van der Waals surface area contributed by atoms with Crippen LogP contribution in [0.25, 0.3) is 12.2 Å². The predicted molar refractivity (Wildman–Crippen MR) is 183 cm³/mol. The molecule has 0 radical (unpaired) electrons. The first kappa shape index (κ1) is 34.8. The van der Waals surface area contributed by atoms with Gasteiger partial charge in [-0.3, -0.25) is 24.1 Å². The average molecular weight is 672 g/mol. The minimum absolute atomic E-state index is 0.140. The molecule has 0 spiro atoms. The van der Waals surface area contributed by atoms with Gasteiger partial charge in [-0.15, -0.1) is 0 Å². The summed E-state index contributed by atoms with van der Waals surface area (Å²) in [6.07, 6.45) is 5.94. The van der Waals surface area contributed by atoms with Gasteiger partial charge in [0.2, 0.25) is 11.7 Å². The van der Waals surface area contributed by atoms with Crippen LogP contribution in [0.5, 0.6) is 28.7 Å². The van der Waals surface area contributed by atoms with Crippen molar-refractivity contribution in [2.24, 2.45) is 0 Å². The van der Waals surface area contributed by atoms with Gasteiger partial charge in [-0.1, -0.05) is 30.7 Å². The molecule has 3 amide bonds. The van der Waals surface area contributed by atoms with Gasteiger partial charge in [0.1, 0.15) is 6.04 Å². The first-order valence-corrected chi connectivity index (χ1v) is 16.1. The van der Waals surface area contributed by atoms with Gasteiger partial charge in [0.25, 0.3) is 11.8 Å². The highest BCUT2D eigenvalue weighted by atomic mass is 16.6. The largest absolute Gasteiger partial charge is 0.493 e. The fraction of sp³-hybridized carbons (Fsp3) is 0.351. The molecule has 12 heteroatoms. The van der Waals surface area contributed by atoms with E-state index in [-0.39, 0.29) is 55.8 Å². The minimum Gasteiger partial charge on any atom is -0.493 e. The second kappa shape index (κ2) is 15.6. The highest BCUT2D eigenvalue weighted by Crippen LogP contribution is 2.39. The Morgan fingerprint density at radius 3 is 2.20 bits per heavy atom. The van der Waals surface area contributed by atoms with E-state index < -0.39 is 12.0 Å². The predicted octanol–water partition coefficient (Wildman–Crippen LogP) is 5.11. The minimum atomic E-state index is -0.713. The summed E-state index contributed by atoms with van der Waals surface area (Å²) in [5.41, 5.74) is 9.38. The molecular weight excluding hydrogens is 630 g/mol. The molecule has 1 fully saturated rings. The Morgan fingerprint density at radius 1 is 0.837 bits per heavy atom. The molecule has 1 atom stereocenters. The lowest BCUT2D eigenvalue weighted by atomic mass is 10.0. The number of carbonyl (C=O) groups excluding carboxylic acids is 4.